The molecular weight excluding hydrogens is 230 g/mol. The second-order valence-corrected chi connectivity index (χ2v) is 4.55. The first-order valence-corrected chi connectivity index (χ1v) is 7.04. The molecule has 0 fully saturated rings. The number of hydrogen-bond donors (Lipinski definition) is 1. The van der Waals surface area contributed by atoms with E-state index in [1.54, 1.807) is 0 Å². The summed E-state index contributed by atoms with van der Waals surface area (Å²) in [5, 5.41) is 2.87. The zero-order valence-corrected chi connectivity index (χ0v) is 11.8. The molecule has 18 heavy (non-hydrogen) atoms. The third kappa shape index (κ3) is 11.4. The summed E-state index contributed by atoms with van der Waals surface area (Å²) in [6, 6.07) is 0. The van der Waals surface area contributed by atoms with E-state index in [9.17, 15) is 9.59 Å². The Kier molecular flexibility index (Phi) is 11.7. The first-order valence-electron chi connectivity index (χ1n) is 7.04. The van der Waals surface area contributed by atoms with Crippen molar-refractivity contribution in [2.75, 3.05) is 13.7 Å². The van der Waals surface area contributed by atoms with Gasteiger partial charge in [0.15, 0.2) is 0 Å². The highest BCUT2D eigenvalue weighted by Crippen LogP contribution is 2.04. The van der Waals surface area contributed by atoms with Crippen LogP contribution in [0.25, 0.3) is 0 Å². The van der Waals surface area contributed by atoms with Crippen molar-refractivity contribution < 1.29 is 14.3 Å². The van der Waals surface area contributed by atoms with Crippen molar-refractivity contribution in [1.82, 2.24) is 5.32 Å². The number of esters is 1. The highest BCUT2D eigenvalue weighted by molar-refractivity contribution is 5.76. The third-order valence-corrected chi connectivity index (χ3v) is 2.86. The van der Waals surface area contributed by atoms with Crippen LogP contribution in [0.2, 0.25) is 0 Å². The SMILES string of the molecule is CCCCCCCCNC(=O)CCCC(=O)OC. The minimum atomic E-state index is -0.251. The van der Waals surface area contributed by atoms with Crippen LogP contribution < -0.4 is 5.32 Å². The van der Waals surface area contributed by atoms with Crippen LogP contribution in [0.15, 0.2) is 0 Å². The van der Waals surface area contributed by atoms with E-state index in [1.165, 1.54) is 39.2 Å². The van der Waals surface area contributed by atoms with Crippen LogP contribution in [0, 0.1) is 0 Å². The summed E-state index contributed by atoms with van der Waals surface area (Å²) in [7, 11) is 1.36. The van der Waals surface area contributed by atoms with Gasteiger partial charge >= 0.3 is 5.97 Å². The van der Waals surface area contributed by atoms with Crippen LogP contribution in [-0.4, -0.2) is 25.5 Å². The van der Waals surface area contributed by atoms with E-state index in [0.717, 1.165) is 13.0 Å². The molecule has 1 N–H and O–H groups in total. The lowest BCUT2D eigenvalue weighted by molar-refractivity contribution is -0.140. The number of ether oxygens (including phenoxy) is 1. The van der Waals surface area contributed by atoms with Crippen LogP contribution in [-0.2, 0) is 14.3 Å². The van der Waals surface area contributed by atoms with Crippen LogP contribution in [0.4, 0.5) is 0 Å². The van der Waals surface area contributed by atoms with Crippen LogP contribution in [0.3, 0.4) is 0 Å². The molecule has 1 amide bonds. The highest BCUT2D eigenvalue weighted by atomic mass is 16.5. The van der Waals surface area contributed by atoms with E-state index in [1.807, 2.05) is 0 Å². The number of unbranched alkanes of at least 4 members (excludes halogenated alkanes) is 5. The molecule has 0 saturated carbocycles. The quantitative estimate of drug-likeness (QED) is 0.457. The molecule has 0 heterocycles. The maximum atomic E-state index is 11.4. The summed E-state index contributed by atoms with van der Waals surface area (Å²) in [5.41, 5.74) is 0. The van der Waals surface area contributed by atoms with Gasteiger partial charge in [-0.25, -0.2) is 0 Å². The summed E-state index contributed by atoms with van der Waals surface area (Å²) in [5.74, 6) is -0.216. The smallest absolute Gasteiger partial charge is 0.305 e. The minimum Gasteiger partial charge on any atom is -0.469 e. The molecule has 106 valence electrons. The van der Waals surface area contributed by atoms with Gasteiger partial charge in [-0.05, 0) is 12.8 Å². The second kappa shape index (κ2) is 12.4. The highest BCUT2D eigenvalue weighted by Gasteiger charge is 2.04. The molecule has 0 atom stereocenters. The summed E-state index contributed by atoms with van der Waals surface area (Å²) in [4.78, 5) is 22.2. The Labute approximate surface area is 110 Å². The van der Waals surface area contributed by atoms with Gasteiger partial charge < -0.3 is 10.1 Å². The molecule has 0 aromatic carbocycles. The van der Waals surface area contributed by atoms with E-state index < -0.39 is 0 Å². The number of rotatable bonds is 11. The van der Waals surface area contributed by atoms with E-state index in [-0.39, 0.29) is 11.9 Å². The van der Waals surface area contributed by atoms with E-state index >= 15 is 0 Å². The summed E-state index contributed by atoms with van der Waals surface area (Å²) < 4.78 is 4.51. The Hall–Kier alpha value is -1.06. The summed E-state index contributed by atoms with van der Waals surface area (Å²) in [6.45, 7) is 2.96. The minimum absolute atomic E-state index is 0.0347. The fourth-order valence-corrected chi connectivity index (χ4v) is 1.72. The van der Waals surface area contributed by atoms with Crippen LogP contribution in [0.1, 0.15) is 64.7 Å². The van der Waals surface area contributed by atoms with Crippen molar-refractivity contribution >= 4 is 11.9 Å². The molecule has 0 aliphatic rings. The topological polar surface area (TPSA) is 55.4 Å². The molecule has 0 unspecified atom stereocenters. The number of carbonyl (C=O) groups is 2. The predicted molar refractivity (Wildman–Crippen MR) is 72.3 cm³/mol. The van der Waals surface area contributed by atoms with Crippen molar-refractivity contribution in [2.45, 2.75) is 64.7 Å². The standard InChI is InChI=1S/C14H27NO3/c1-3-4-5-6-7-8-12-15-13(16)10-9-11-14(17)18-2/h3-12H2,1-2H3,(H,15,16). The van der Waals surface area contributed by atoms with Crippen molar-refractivity contribution in [1.29, 1.82) is 0 Å². The Morgan fingerprint density at radius 3 is 2.28 bits per heavy atom. The molecule has 0 spiro atoms. The zero-order valence-electron chi connectivity index (χ0n) is 11.8. The van der Waals surface area contributed by atoms with Crippen molar-refractivity contribution in [3.8, 4) is 0 Å². The maximum Gasteiger partial charge on any atom is 0.305 e. The van der Waals surface area contributed by atoms with Gasteiger partial charge in [-0.1, -0.05) is 39.0 Å². The average Bonchev–Trinajstić information content (AvgIpc) is 2.37. The zero-order chi connectivity index (χ0) is 13.6. The fourth-order valence-electron chi connectivity index (χ4n) is 1.72. The molecule has 0 bridgehead atoms. The van der Waals surface area contributed by atoms with Gasteiger partial charge in [0.25, 0.3) is 0 Å². The maximum absolute atomic E-state index is 11.4. The first-order chi connectivity index (χ1) is 8.70. The monoisotopic (exact) mass is 257 g/mol. The first kappa shape index (κ1) is 16.9. The second-order valence-electron chi connectivity index (χ2n) is 4.55. The molecular formula is C14H27NO3. The normalized spacial score (nSPS) is 10.1. The summed E-state index contributed by atoms with van der Waals surface area (Å²) >= 11 is 0. The van der Waals surface area contributed by atoms with Gasteiger partial charge in [0.1, 0.15) is 0 Å². The van der Waals surface area contributed by atoms with Gasteiger partial charge in [0.2, 0.25) is 5.91 Å². The van der Waals surface area contributed by atoms with Crippen molar-refractivity contribution in [3.63, 3.8) is 0 Å². The van der Waals surface area contributed by atoms with Crippen LogP contribution >= 0.6 is 0 Å². The van der Waals surface area contributed by atoms with E-state index in [4.69, 9.17) is 0 Å². The number of amides is 1. The molecule has 0 aliphatic heterocycles. The lowest BCUT2D eigenvalue weighted by Gasteiger charge is -2.05. The van der Waals surface area contributed by atoms with Gasteiger partial charge in [0, 0.05) is 19.4 Å². The van der Waals surface area contributed by atoms with Gasteiger partial charge in [0.05, 0.1) is 7.11 Å². The van der Waals surface area contributed by atoms with Crippen molar-refractivity contribution in [3.05, 3.63) is 0 Å². The Bertz CT molecular complexity index is 229. The molecule has 4 nitrogen and oxygen atoms in total. The van der Waals surface area contributed by atoms with Crippen LogP contribution in [0.5, 0.6) is 0 Å². The number of nitrogens with one attached hydrogen (secondary N) is 1. The van der Waals surface area contributed by atoms with Gasteiger partial charge in [-0.15, -0.1) is 0 Å². The van der Waals surface area contributed by atoms with Gasteiger partial charge in [-0.3, -0.25) is 9.59 Å². The van der Waals surface area contributed by atoms with Crippen molar-refractivity contribution in [2.24, 2.45) is 0 Å². The lowest BCUT2D eigenvalue weighted by atomic mass is 10.1. The molecule has 0 rings (SSSR count). The predicted octanol–water partition coefficient (Wildman–Crippen LogP) is 2.81. The molecule has 0 aliphatic carbocycles. The van der Waals surface area contributed by atoms with Gasteiger partial charge in [-0.2, -0.15) is 0 Å². The Morgan fingerprint density at radius 2 is 1.61 bits per heavy atom. The average molecular weight is 257 g/mol. The number of methoxy groups -OCH3 is 1. The largest absolute Gasteiger partial charge is 0.469 e. The Balaban J connectivity index is 3.24. The number of carbonyl (C=O) groups excluding carboxylic acids is 2. The molecule has 0 radical (unpaired) electrons. The Morgan fingerprint density at radius 1 is 0.944 bits per heavy atom. The molecule has 0 aromatic rings. The lowest BCUT2D eigenvalue weighted by Crippen LogP contribution is -2.24. The molecule has 0 aromatic heterocycles. The van der Waals surface area contributed by atoms with E-state index in [0.29, 0.717) is 19.3 Å². The third-order valence-electron chi connectivity index (χ3n) is 2.86. The summed E-state index contributed by atoms with van der Waals surface area (Å²) in [6.07, 6.45) is 8.64. The number of hydrogen-bond acceptors (Lipinski definition) is 3. The fraction of sp³-hybridized carbons (Fsp3) is 0.857. The molecule has 0 saturated heterocycles. The van der Waals surface area contributed by atoms with E-state index in [2.05, 4.69) is 17.0 Å². The molecule has 4 heteroatoms.